The average Bonchev–Trinajstić information content (AvgIpc) is 3.03. The van der Waals surface area contributed by atoms with Crippen LogP contribution in [-0.4, -0.2) is 13.1 Å². The topological polar surface area (TPSA) is 26.3 Å². The molecule has 1 aliphatic carbocycles. The van der Waals surface area contributed by atoms with Crippen molar-refractivity contribution in [3.05, 3.63) is 33.8 Å². The molecular weight excluding hydrogens is 212 g/mol. The molecule has 1 aromatic carbocycles. The quantitative estimate of drug-likeness (QED) is 0.721. The third-order valence-electron chi connectivity index (χ3n) is 2.84. The van der Waals surface area contributed by atoms with Crippen LogP contribution in [0, 0.1) is 6.92 Å². The molecule has 0 radical (unpaired) electrons. The van der Waals surface area contributed by atoms with Crippen molar-refractivity contribution in [3.63, 3.8) is 0 Å². The number of hydrogen-bond acceptors (Lipinski definition) is 2. The van der Waals surface area contributed by atoms with Gasteiger partial charge >= 0.3 is 5.97 Å². The van der Waals surface area contributed by atoms with Crippen LogP contribution in [0.3, 0.4) is 0 Å². The Balaban J connectivity index is 2.49. The lowest BCUT2D eigenvalue weighted by Gasteiger charge is -2.10. The van der Waals surface area contributed by atoms with Crippen LogP contribution in [0.2, 0.25) is 5.02 Å². The van der Waals surface area contributed by atoms with E-state index in [0.29, 0.717) is 16.5 Å². The summed E-state index contributed by atoms with van der Waals surface area (Å²) in [5.41, 5.74) is 2.79. The summed E-state index contributed by atoms with van der Waals surface area (Å²) < 4.78 is 4.73. The van der Waals surface area contributed by atoms with Gasteiger partial charge in [-0.25, -0.2) is 4.79 Å². The summed E-state index contributed by atoms with van der Waals surface area (Å²) in [6.07, 6.45) is 2.39. The minimum Gasteiger partial charge on any atom is -0.465 e. The zero-order valence-corrected chi connectivity index (χ0v) is 9.60. The van der Waals surface area contributed by atoms with Gasteiger partial charge in [0.15, 0.2) is 0 Å². The summed E-state index contributed by atoms with van der Waals surface area (Å²) in [5.74, 6) is 0.281. The molecule has 1 fully saturated rings. The molecule has 15 heavy (non-hydrogen) atoms. The number of methoxy groups -OCH3 is 1. The molecule has 0 N–H and O–H groups in total. The molecule has 0 bridgehead atoms. The van der Waals surface area contributed by atoms with E-state index >= 15 is 0 Å². The van der Waals surface area contributed by atoms with E-state index < -0.39 is 0 Å². The fraction of sp³-hybridized carbons (Fsp3) is 0.417. The van der Waals surface area contributed by atoms with Crippen molar-refractivity contribution in [3.8, 4) is 0 Å². The van der Waals surface area contributed by atoms with Gasteiger partial charge in [0.05, 0.1) is 12.7 Å². The average molecular weight is 225 g/mol. The highest BCUT2D eigenvalue weighted by atomic mass is 35.5. The molecule has 0 amide bonds. The molecule has 1 aromatic rings. The lowest BCUT2D eigenvalue weighted by atomic mass is 9.99. The molecule has 0 aromatic heterocycles. The lowest BCUT2D eigenvalue weighted by molar-refractivity contribution is 0.0600. The highest BCUT2D eigenvalue weighted by Gasteiger charge is 2.27. The summed E-state index contributed by atoms with van der Waals surface area (Å²) >= 11 is 5.99. The van der Waals surface area contributed by atoms with Gasteiger partial charge in [-0.2, -0.15) is 0 Å². The first-order valence-corrected chi connectivity index (χ1v) is 5.39. The Hall–Kier alpha value is -1.02. The predicted molar refractivity (Wildman–Crippen MR) is 59.5 cm³/mol. The number of hydrogen-bond donors (Lipinski definition) is 0. The van der Waals surface area contributed by atoms with Gasteiger partial charge < -0.3 is 4.74 Å². The molecule has 0 spiro atoms. The van der Waals surface area contributed by atoms with Crippen LogP contribution in [0.1, 0.15) is 40.2 Å². The molecule has 2 rings (SSSR count). The summed E-state index contributed by atoms with van der Waals surface area (Å²) in [7, 11) is 1.39. The van der Waals surface area contributed by atoms with Crippen molar-refractivity contribution >= 4 is 17.6 Å². The van der Waals surface area contributed by atoms with Crippen molar-refractivity contribution in [2.45, 2.75) is 25.7 Å². The van der Waals surface area contributed by atoms with Crippen LogP contribution in [0.5, 0.6) is 0 Å². The third-order valence-corrected chi connectivity index (χ3v) is 3.05. The largest absolute Gasteiger partial charge is 0.465 e. The first-order chi connectivity index (χ1) is 7.13. The second-order valence-electron chi connectivity index (χ2n) is 3.93. The Morgan fingerprint density at radius 2 is 2.13 bits per heavy atom. The van der Waals surface area contributed by atoms with E-state index in [1.54, 1.807) is 6.07 Å². The van der Waals surface area contributed by atoms with Crippen LogP contribution < -0.4 is 0 Å². The van der Waals surface area contributed by atoms with Gasteiger partial charge in [-0.15, -0.1) is 0 Å². The van der Waals surface area contributed by atoms with E-state index in [1.807, 2.05) is 13.0 Å². The van der Waals surface area contributed by atoms with Gasteiger partial charge in [-0.3, -0.25) is 0 Å². The molecule has 2 nitrogen and oxygen atoms in total. The van der Waals surface area contributed by atoms with E-state index in [9.17, 15) is 4.79 Å². The van der Waals surface area contributed by atoms with Gasteiger partial charge in [0.2, 0.25) is 0 Å². The van der Waals surface area contributed by atoms with Gasteiger partial charge in [0.1, 0.15) is 0 Å². The number of benzene rings is 1. The summed E-state index contributed by atoms with van der Waals surface area (Å²) in [6.45, 7) is 1.95. The SMILES string of the molecule is COC(=O)c1cc(Cl)cc(C2CC2)c1C. The molecular formula is C12H13ClO2. The zero-order valence-electron chi connectivity index (χ0n) is 8.84. The van der Waals surface area contributed by atoms with Crippen molar-refractivity contribution in [2.75, 3.05) is 7.11 Å². The van der Waals surface area contributed by atoms with Gasteiger partial charge in [-0.1, -0.05) is 11.6 Å². The smallest absolute Gasteiger partial charge is 0.338 e. The predicted octanol–water partition coefficient (Wildman–Crippen LogP) is 3.31. The minimum absolute atomic E-state index is 0.308. The standard InChI is InChI=1S/C12H13ClO2/c1-7-10(8-3-4-8)5-9(13)6-11(7)12(14)15-2/h5-6,8H,3-4H2,1-2H3. The first-order valence-electron chi connectivity index (χ1n) is 5.02. The Bertz CT molecular complexity index is 408. The maximum absolute atomic E-state index is 11.5. The van der Waals surface area contributed by atoms with Gasteiger partial charge in [-0.05, 0) is 48.9 Å². The number of halogens is 1. The number of esters is 1. The Morgan fingerprint density at radius 1 is 1.47 bits per heavy atom. The molecule has 0 unspecified atom stereocenters. The zero-order chi connectivity index (χ0) is 11.0. The molecule has 1 aliphatic rings. The maximum atomic E-state index is 11.5. The molecule has 0 atom stereocenters. The Morgan fingerprint density at radius 3 is 2.67 bits per heavy atom. The number of carbonyl (C=O) groups is 1. The van der Waals surface area contributed by atoms with Gasteiger partial charge in [0, 0.05) is 5.02 Å². The van der Waals surface area contributed by atoms with Crippen LogP contribution in [-0.2, 0) is 4.74 Å². The molecule has 0 heterocycles. The van der Waals surface area contributed by atoms with E-state index in [2.05, 4.69) is 0 Å². The maximum Gasteiger partial charge on any atom is 0.338 e. The second kappa shape index (κ2) is 3.86. The minimum atomic E-state index is -0.308. The van der Waals surface area contributed by atoms with E-state index in [0.717, 1.165) is 5.56 Å². The number of ether oxygens (including phenoxy) is 1. The summed E-state index contributed by atoms with van der Waals surface area (Å²) in [6, 6.07) is 3.63. The van der Waals surface area contributed by atoms with Crippen LogP contribution in [0.25, 0.3) is 0 Å². The third kappa shape index (κ3) is 2.00. The lowest BCUT2D eigenvalue weighted by Crippen LogP contribution is -2.05. The van der Waals surface area contributed by atoms with Crippen molar-refractivity contribution in [1.29, 1.82) is 0 Å². The Labute approximate surface area is 94.2 Å². The highest BCUT2D eigenvalue weighted by molar-refractivity contribution is 6.31. The summed E-state index contributed by atoms with van der Waals surface area (Å²) in [5, 5.41) is 0.614. The molecule has 80 valence electrons. The fourth-order valence-corrected chi connectivity index (χ4v) is 2.07. The molecule has 0 aliphatic heterocycles. The highest BCUT2D eigenvalue weighted by Crippen LogP contribution is 2.43. The second-order valence-corrected chi connectivity index (χ2v) is 4.37. The van der Waals surface area contributed by atoms with Crippen LogP contribution in [0.15, 0.2) is 12.1 Å². The number of rotatable bonds is 2. The number of carbonyl (C=O) groups excluding carboxylic acids is 1. The fourth-order valence-electron chi connectivity index (χ4n) is 1.84. The first kappa shape index (κ1) is 10.5. The Kier molecular flexibility index (Phi) is 2.70. The molecule has 0 saturated heterocycles. The van der Waals surface area contributed by atoms with E-state index in [1.165, 1.54) is 25.5 Å². The van der Waals surface area contributed by atoms with Crippen LogP contribution in [0.4, 0.5) is 0 Å². The van der Waals surface area contributed by atoms with Crippen molar-refractivity contribution in [2.24, 2.45) is 0 Å². The van der Waals surface area contributed by atoms with E-state index in [-0.39, 0.29) is 5.97 Å². The summed E-state index contributed by atoms with van der Waals surface area (Å²) in [4.78, 5) is 11.5. The van der Waals surface area contributed by atoms with Crippen molar-refractivity contribution < 1.29 is 9.53 Å². The molecule has 1 saturated carbocycles. The van der Waals surface area contributed by atoms with E-state index in [4.69, 9.17) is 16.3 Å². The monoisotopic (exact) mass is 224 g/mol. The molecule has 3 heteroatoms. The van der Waals surface area contributed by atoms with Gasteiger partial charge in [0.25, 0.3) is 0 Å². The van der Waals surface area contributed by atoms with Crippen LogP contribution >= 0.6 is 11.6 Å². The normalized spacial score (nSPS) is 15.1. The van der Waals surface area contributed by atoms with Crippen molar-refractivity contribution in [1.82, 2.24) is 0 Å².